The number of halogens is 3. The minimum atomic E-state index is -4.85. The van der Waals surface area contributed by atoms with E-state index in [0.717, 1.165) is 28.4 Å². The standard InChI is InChI=1S/C14H9F3N2O6S/c1-6-9(24-13(22)23-6)5-19(12(20)21)11-18-8-4-7(25-14(15,16)17)2-3-10(8)26-11/h2-4H,5H2,1H3,(H,20,21). The molecule has 0 bridgehead atoms. The molecule has 2 aromatic heterocycles. The van der Waals surface area contributed by atoms with Gasteiger partial charge in [0.05, 0.1) is 16.8 Å². The van der Waals surface area contributed by atoms with Crippen LogP contribution in [-0.4, -0.2) is 22.5 Å². The fraction of sp³-hybridized carbons (Fsp3) is 0.214. The molecular weight excluding hydrogens is 381 g/mol. The van der Waals surface area contributed by atoms with E-state index in [-0.39, 0.29) is 28.7 Å². The Kier molecular flexibility index (Phi) is 4.36. The second kappa shape index (κ2) is 6.37. The Morgan fingerprint density at radius 2 is 2.12 bits per heavy atom. The summed E-state index contributed by atoms with van der Waals surface area (Å²) in [6.45, 7) is 1.08. The number of nitrogens with zero attached hydrogens (tertiary/aromatic N) is 2. The number of hydrogen-bond donors (Lipinski definition) is 1. The maximum absolute atomic E-state index is 12.3. The van der Waals surface area contributed by atoms with E-state index in [1.54, 1.807) is 0 Å². The Morgan fingerprint density at radius 3 is 2.69 bits per heavy atom. The first-order valence-corrected chi connectivity index (χ1v) is 7.70. The normalized spacial score (nSPS) is 11.7. The van der Waals surface area contributed by atoms with E-state index >= 15 is 0 Å². The zero-order valence-corrected chi connectivity index (χ0v) is 13.7. The highest BCUT2D eigenvalue weighted by Crippen LogP contribution is 2.33. The number of alkyl halides is 3. The summed E-state index contributed by atoms with van der Waals surface area (Å²) in [5.74, 6) is -1.33. The van der Waals surface area contributed by atoms with Crippen LogP contribution in [0.25, 0.3) is 10.2 Å². The van der Waals surface area contributed by atoms with E-state index < -0.39 is 24.0 Å². The summed E-state index contributed by atoms with van der Waals surface area (Å²) in [6.07, 6.45) is -6.24. The molecule has 2 heterocycles. The Morgan fingerprint density at radius 1 is 1.38 bits per heavy atom. The lowest BCUT2D eigenvalue weighted by atomic mass is 10.3. The van der Waals surface area contributed by atoms with Crippen LogP contribution in [0.2, 0.25) is 0 Å². The number of anilines is 1. The van der Waals surface area contributed by atoms with Gasteiger partial charge in [-0.15, -0.1) is 13.2 Å². The molecule has 0 aliphatic rings. The van der Waals surface area contributed by atoms with Crippen LogP contribution in [0.4, 0.5) is 23.1 Å². The summed E-state index contributed by atoms with van der Waals surface area (Å²) < 4.78 is 50.6. The number of ether oxygens (including phenoxy) is 1. The fourth-order valence-corrected chi connectivity index (χ4v) is 3.03. The average molecular weight is 390 g/mol. The van der Waals surface area contributed by atoms with Crippen molar-refractivity contribution in [1.29, 1.82) is 0 Å². The Labute approximate surface area is 146 Å². The van der Waals surface area contributed by atoms with E-state index in [1.807, 2.05) is 0 Å². The molecule has 26 heavy (non-hydrogen) atoms. The molecule has 0 atom stereocenters. The monoisotopic (exact) mass is 390 g/mol. The predicted octanol–water partition coefficient (Wildman–Crippen LogP) is 3.73. The summed E-state index contributed by atoms with van der Waals surface area (Å²) in [4.78, 5) is 27.4. The summed E-state index contributed by atoms with van der Waals surface area (Å²) >= 11 is 0.939. The molecule has 0 fully saturated rings. The van der Waals surface area contributed by atoms with Gasteiger partial charge in [-0.2, -0.15) is 0 Å². The number of carboxylic acid groups (broad SMARTS) is 1. The maximum atomic E-state index is 12.3. The zero-order chi connectivity index (χ0) is 19.1. The number of benzene rings is 1. The minimum Gasteiger partial charge on any atom is -0.465 e. The SMILES string of the molecule is Cc1oc(=O)oc1CN(C(=O)O)c1nc2cc(OC(F)(F)F)ccc2s1. The van der Waals surface area contributed by atoms with Crippen molar-refractivity contribution in [2.45, 2.75) is 19.8 Å². The Balaban J connectivity index is 1.94. The van der Waals surface area contributed by atoms with Crippen LogP contribution in [0, 0.1) is 6.92 Å². The van der Waals surface area contributed by atoms with Crippen molar-refractivity contribution in [1.82, 2.24) is 4.98 Å². The van der Waals surface area contributed by atoms with Gasteiger partial charge in [0.15, 0.2) is 10.9 Å². The summed E-state index contributed by atoms with van der Waals surface area (Å²) in [5, 5.41) is 9.37. The van der Waals surface area contributed by atoms with Crippen molar-refractivity contribution in [2.75, 3.05) is 4.90 Å². The molecule has 0 aliphatic carbocycles. The van der Waals surface area contributed by atoms with Gasteiger partial charge in [0.25, 0.3) is 0 Å². The maximum Gasteiger partial charge on any atom is 0.573 e. The fourth-order valence-electron chi connectivity index (χ4n) is 2.09. The average Bonchev–Trinajstić information content (AvgIpc) is 3.04. The first kappa shape index (κ1) is 17.8. The van der Waals surface area contributed by atoms with Crippen molar-refractivity contribution in [3.8, 4) is 5.75 Å². The molecule has 1 amide bonds. The van der Waals surface area contributed by atoms with Crippen LogP contribution in [0.5, 0.6) is 5.75 Å². The lowest BCUT2D eigenvalue weighted by molar-refractivity contribution is -0.274. The number of aryl methyl sites for hydroxylation is 1. The first-order chi connectivity index (χ1) is 12.1. The van der Waals surface area contributed by atoms with Gasteiger partial charge in [0.2, 0.25) is 0 Å². The van der Waals surface area contributed by atoms with Gasteiger partial charge in [-0.1, -0.05) is 11.3 Å². The van der Waals surface area contributed by atoms with Gasteiger partial charge in [-0.05, 0) is 19.1 Å². The summed E-state index contributed by atoms with van der Waals surface area (Å²) in [7, 11) is 0. The molecule has 0 aliphatic heterocycles. The van der Waals surface area contributed by atoms with Crippen molar-refractivity contribution in [2.24, 2.45) is 0 Å². The molecule has 0 saturated heterocycles. The van der Waals surface area contributed by atoms with E-state index in [0.29, 0.717) is 4.70 Å². The van der Waals surface area contributed by atoms with Crippen LogP contribution in [0.15, 0.2) is 31.8 Å². The molecule has 3 rings (SSSR count). The first-order valence-electron chi connectivity index (χ1n) is 6.88. The highest BCUT2D eigenvalue weighted by atomic mass is 32.1. The van der Waals surface area contributed by atoms with E-state index in [9.17, 15) is 27.9 Å². The third-order valence-corrected chi connectivity index (χ3v) is 4.24. The van der Waals surface area contributed by atoms with Gasteiger partial charge in [0.1, 0.15) is 11.5 Å². The number of carbonyl (C=O) groups is 1. The molecule has 138 valence electrons. The highest BCUT2D eigenvalue weighted by Gasteiger charge is 2.31. The number of fused-ring (bicyclic) bond motifs is 1. The highest BCUT2D eigenvalue weighted by molar-refractivity contribution is 7.22. The van der Waals surface area contributed by atoms with Crippen LogP contribution >= 0.6 is 11.3 Å². The van der Waals surface area contributed by atoms with E-state index in [4.69, 9.17) is 4.42 Å². The van der Waals surface area contributed by atoms with Gasteiger partial charge >= 0.3 is 18.3 Å². The zero-order valence-electron chi connectivity index (χ0n) is 12.9. The molecule has 1 N–H and O–H groups in total. The molecule has 0 radical (unpaired) electrons. The smallest absolute Gasteiger partial charge is 0.465 e. The third kappa shape index (κ3) is 3.79. The van der Waals surface area contributed by atoms with Gasteiger partial charge in [0, 0.05) is 6.07 Å². The largest absolute Gasteiger partial charge is 0.573 e. The number of hydrogen-bond acceptors (Lipinski definition) is 7. The molecule has 1 aromatic carbocycles. The quantitative estimate of drug-likeness (QED) is 0.723. The van der Waals surface area contributed by atoms with Crippen molar-refractivity contribution in [3.05, 3.63) is 40.3 Å². The number of rotatable bonds is 4. The van der Waals surface area contributed by atoms with Crippen LogP contribution in [-0.2, 0) is 6.54 Å². The Bertz CT molecular complexity index is 1020. The van der Waals surface area contributed by atoms with Gasteiger partial charge in [-0.3, -0.25) is 0 Å². The topological polar surface area (TPSA) is 106 Å². The molecule has 0 unspecified atom stereocenters. The molecule has 0 spiro atoms. The molecule has 3 aromatic rings. The second-order valence-electron chi connectivity index (χ2n) is 4.98. The van der Waals surface area contributed by atoms with E-state index in [2.05, 4.69) is 14.1 Å². The van der Waals surface area contributed by atoms with Crippen LogP contribution in [0.1, 0.15) is 11.5 Å². The lowest BCUT2D eigenvalue weighted by Gasteiger charge is -2.13. The van der Waals surface area contributed by atoms with Gasteiger partial charge < -0.3 is 18.7 Å². The predicted molar refractivity (Wildman–Crippen MR) is 82.5 cm³/mol. The summed E-state index contributed by atoms with van der Waals surface area (Å²) in [5.41, 5.74) is 0.128. The molecular formula is C14H9F3N2O6S. The molecule has 0 saturated carbocycles. The second-order valence-corrected chi connectivity index (χ2v) is 5.99. The number of amides is 1. The number of thiazole rings is 1. The molecule has 12 heteroatoms. The number of aromatic nitrogens is 1. The van der Waals surface area contributed by atoms with Crippen molar-refractivity contribution in [3.63, 3.8) is 0 Å². The third-order valence-electron chi connectivity index (χ3n) is 3.18. The molecule has 8 nitrogen and oxygen atoms in total. The van der Waals surface area contributed by atoms with Crippen LogP contribution < -0.4 is 15.5 Å². The van der Waals surface area contributed by atoms with E-state index in [1.165, 1.54) is 13.0 Å². The van der Waals surface area contributed by atoms with Gasteiger partial charge in [-0.25, -0.2) is 19.5 Å². The lowest BCUT2D eigenvalue weighted by Crippen LogP contribution is -2.28. The summed E-state index contributed by atoms with van der Waals surface area (Å²) in [6, 6.07) is 3.48. The van der Waals surface area contributed by atoms with Crippen LogP contribution in [0.3, 0.4) is 0 Å². The van der Waals surface area contributed by atoms with Crippen molar-refractivity contribution >= 4 is 32.8 Å². The Hall–Kier alpha value is -3.02. The van der Waals surface area contributed by atoms with Crippen molar-refractivity contribution < 1.29 is 36.6 Å². The minimum absolute atomic E-state index is 0.00208.